The maximum Gasteiger partial charge on any atom is 0.0832 e. The van der Waals surface area contributed by atoms with Gasteiger partial charge in [0.2, 0.25) is 0 Å². The molecule has 1 fully saturated rings. The molecule has 1 aromatic carbocycles. The summed E-state index contributed by atoms with van der Waals surface area (Å²) in [6, 6.07) is 8.13. The first-order valence-corrected chi connectivity index (χ1v) is 6.70. The van der Waals surface area contributed by atoms with Crippen molar-refractivity contribution in [1.82, 2.24) is 9.78 Å². The van der Waals surface area contributed by atoms with Crippen molar-refractivity contribution >= 4 is 11.6 Å². The van der Waals surface area contributed by atoms with E-state index in [1.807, 2.05) is 23.0 Å². The van der Waals surface area contributed by atoms with Gasteiger partial charge in [-0.3, -0.25) is 0 Å². The average molecular weight is 262 g/mol. The highest BCUT2D eigenvalue weighted by Gasteiger charge is 2.26. The van der Waals surface area contributed by atoms with Gasteiger partial charge in [-0.15, -0.1) is 0 Å². The van der Waals surface area contributed by atoms with Gasteiger partial charge in [0.05, 0.1) is 16.4 Å². The fraction of sp³-hybridized carbons (Fsp3) is 0.357. The largest absolute Gasteiger partial charge is 0.330 e. The number of nitrogens with zero attached hydrogens (tertiary/aromatic N) is 2. The van der Waals surface area contributed by atoms with Gasteiger partial charge in [-0.05, 0) is 49.6 Å². The first kappa shape index (κ1) is 11.8. The molecule has 2 aromatic rings. The van der Waals surface area contributed by atoms with Crippen molar-refractivity contribution in [2.75, 3.05) is 6.54 Å². The molecule has 3 nitrogen and oxygen atoms in total. The third-order valence-corrected chi connectivity index (χ3v) is 3.60. The van der Waals surface area contributed by atoms with Crippen molar-refractivity contribution in [3.63, 3.8) is 0 Å². The van der Waals surface area contributed by atoms with Crippen LogP contribution in [0.3, 0.4) is 0 Å². The van der Waals surface area contributed by atoms with Crippen LogP contribution in [0.2, 0.25) is 5.02 Å². The van der Waals surface area contributed by atoms with Crippen LogP contribution in [0.15, 0.2) is 30.5 Å². The zero-order chi connectivity index (χ0) is 12.5. The molecule has 1 aliphatic rings. The Morgan fingerprint density at radius 3 is 2.83 bits per heavy atom. The Morgan fingerprint density at radius 2 is 2.17 bits per heavy atom. The minimum absolute atomic E-state index is 0.642. The molecular weight excluding hydrogens is 246 g/mol. The Kier molecular flexibility index (Phi) is 3.10. The summed E-state index contributed by atoms with van der Waals surface area (Å²) in [6.07, 6.45) is 5.37. The van der Waals surface area contributed by atoms with Crippen molar-refractivity contribution in [2.45, 2.75) is 25.2 Å². The zero-order valence-electron chi connectivity index (χ0n) is 10.1. The summed E-state index contributed by atoms with van der Waals surface area (Å²) in [5.74, 6) is 0.668. The van der Waals surface area contributed by atoms with E-state index in [0.717, 1.165) is 17.1 Å². The van der Waals surface area contributed by atoms with Crippen molar-refractivity contribution in [2.24, 2.45) is 5.73 Å². The molecule has 0 bridgehead atoms. The zero-order valence-corrected chi connectivity index (χ0v) is 10.9. The fourth-order valence-electron chi connectivity index (χ4n) is 2.13. The third-order valence-electron chi connectivity index (χ3n) is 3.30. The second-order valence-electron chi connectivity index (χ2n) is 4.78. The van der Waals surface area contributed by atoms with E-state index in [0.29, 0.717) is 12.5 Å². The van der Waals surface area contributed by atoms with Gasteiger partial charge in [0, 0.05) is 12.1 Å². The van der Waals surface area contributed by atoms with Crippen LogP contribution in [0.5, 0.6) is 0 Å². The van der Waals surface area contributed by atoms with Crippen molar-refractivity contribution in [1.29, 1.82) is 0 Å². The standard InChI is InChI=1S/C14H16ClN3/c15-12-9-10(5-7-16)1-4-14(12)18-8-6-13(17-18)11-2-3-11/h1,4,6,8-9,11H,2-3,5,7,16H2. The van der Waals surface area contributed by atoms with Gasteiger partial charge in [-0.25, -0.2) is 4.68 Å². The Balaban J connectivity index is 1.90. The monoisotopic (exact) mass is 261 g/mol. The maximum atomic E-state index is 6.30. The van der Waals surface area contributed by atoms with Crippen LogP contribution >= 0.6 is 11.6 Å². The van der Waals surface area contributed by atoms with Crippen molar-refractivity contribution < 1.29 is 0 Å². The first-order valence-electron chi connectivity index (χ1n) is 6.32. The van der Waals surface area contributed by atoms with Crippen molar-refractivity contribution in [3.05, 3.63) is 46.7 Å². The summed E-state index contributed by atoms with van der Waals surface area (Å²) >= 11 is 6.30. The van der Waals surface area contributed by atoms with E-state index in [-0.39, 0.29) is 0 Å². The van der Waals surface area contributed by atoms with Gasteiger partial charge in [0.15, 0.2) is 0 Å². The Hall–Kier alpha value is -1.32. The van der Waals surface area contributed by atoms with Gasteiger partial charge in [-0.1, -0.05) is 17.7 Å². The molecule has 94 valence electrons. The van der Waals surface area contributed by atoms with Crippen LogP contribution in [0.1, 0.15) is 30.0 Å². The second-order valence-corrected chi connectivity index (χ2v) is 5.19. The molecule has 0 saturated heterocycles. The third kappa shape index (κ3) is 2.28. The molecule has 18 heavy (non-hydrogen) atoms. The molecule has 3 rings (SSSR count). The normalized spacial score (nSPS) is 15.0. The summed E-state index contributed by atoms with van der Waals surface area (Å²) in [5.41, 5.74) is 8.82. The molecule has 1 aromatic heterocycles. The highest BCUT2D eigenvalue weighted by molar-refractivity contribution is 6.32. The minimum Gasteiger partial charge on any atom is -0.330 e. The van der Waals surface area contributed by atoms with Crippen LogP contribution in [0.25, 0.3) is 5.69 Å². The molecule has 1 heterocycles. The summed E-state index contributed by atoms with van der Waals surface area (Å²) in [7, 11) is 0. The molecule has 0 unspecified atom stereocenters. The minimum atomic E-state index is 0.642. The van der Waals surface area contributed by atoms with E-state index >= 15 is 0 Å². The summed E-state index contributed by atoms with van der Waals surface area (Å²) in [5, 5.41) is 5.31. The van der Waals surface area contributed by atoms with Crippen LogP contribution in [-0.4, -0.2) is 16.3 Å². The fourth-order valence-corrected chi connectivity index (χ4v) is 2.42. The molecule has 0 spiro atoms. The Morgan fingerprint density at radius 1 is 1.33 bits per heavy atom. The number of halogens is 1. The van der Waals surface area contributed by atoms with E-state index < -0.39 is 0 Å². The molecule has 1 aliphatic carbocycles. The van der Waals surface area contributed by atoms with Crippen LogP contribution < -0.4 is 5.73 Å². The molecule has 4 heteroatoms. The van der Waals surface area contributed by atoms with E-state index in [4.69, 9.17) is 17.3 Å². The van der Waals surface area contributed by atoms with Crippen LogP contribution in [0, 0.1) is 0 Å². The van der Waals surface area contributed by atoms with E-state index in [1.165, 1.54) is 24.1 Å². The van der Waals surface area contributed by atoms with Crippen molar-refractivity contribution in [3.8, 4) is 5.69 Å². The number of aromatic nitrogens is 2. The van der Waals surface area contributed by atoms with Gasteiger partial charge in [-0.2, -0.15) is 5.10 Å². The number of nitrogens with two attached hydrogens (primary N) is 1. The molecular formula is C14H16ClN3. The lowest BCUT2D eigenvalue weighted by Gasteiger charge is -2.06. The van der Waals surface area contributed by atoms with Gasteiger partial charge in [0.1, 0.15) is 0 Å². The summed E-state index contributed by atoms with van der Waals surface area (Å²) in [6.45, 7) is 0.642. The smallest absolute Gasteiger partial charge is 0.0832 e. The predicted octanol–water partition coefficient (Wildman–Crippen LogP) is 2.90. The van der Waals surface area contributed by atoms with E-state index in [1.54, 1.807) is 0 Å². The average Bonchev–Trinajstić information content (AvgIpc) is 3.09. The lowest BCUT2D eigenvalue weighted by Crippen LogP contribution is -2.03. The Bertz CT molecular complexity index is 558. The molecule has 0 radical (unpaired) electrons. The highest BCUT2D eigenvalue weighted by Crippen LogP contribution is 2.39. The molecule has 1 saturated carbocycles. The van der Waals surface area contributed by atoms with E-state index in [2.05, 4.69) is 17.2 Å². The summed E-state index contributed by atoms with van der Waals surface area (Å²) < 4.78 is 1.86. The molecule has 2 N–H and O–H groups in total. The maximum absolute atomic E-state index is 6.30. The van der Waals surface area contributed by atoms with Gasteiger partial charge in [0.25, 0.3) is 0 Å². The van der Waals surface area contributed by atoms with Gasteiger partial charge >= 0.3 is 0 Å². The van der Waals surface area contributed by atoms with Crippen LogP contribution in [0.4, 0.5) is 0 Å². The lowest BCUT2D eigenvalue weighted by molar-refractivity contribution is 0.836. The second kappa shape index (κ2) is 4.75. The Labute approximate surface area is 112 Å². The summed E-state index contributed by atoms with van der Waals surface area (Å²) in [4.78, 5) is 0. The molecule has 0 amide bonds. The number of hydrogen-bond acceptors (Lipinski definition) is 2. The highest BCUT2D eigenvalue weighted by atomic mass is 35.5. The van der Waals surface area contributed by atoms with E-state index in [9.17, 15) is 0 Å². The molecule has 0 aliphatic heterocycles. The SMILES string of the molecule is NCCc1ccc(-n2ccc(C3CC3)n2)c(Cl)c1. The van der Waals surface area contributed by atoms with Crippen LogP contribution in [-0.2, 0) is 6.42 Å². The number of rotatable bonds is 4. The quantitative estimate of drug-likeness (QED) is 0.920. The first-order chi connectivity index (χ1) is 8.78. The lowest BCUT2D eigenvalue weighted by atomic mass is 10.1. The van der Waals surface area contributed by atoms with Gasteiger partial charge < -0.3 is 5.73 Å². The topological polar surface area (TPSA) is 43.8 Å². The number of hydrogen-bond donors (Lipinski definition) is 1. The predicted molar refractivity (Wildman–Crippen MR) is 73.3 cm³/mol. The number of benzene rings is 1. The molecule has 0 atom stereocenters.